The predicted octanol–water partition coefficient (Wildman–Crippen LogP) is 3.71. The Morgan fingerprint density at radius 1 is 1.13 bits per heavy atom. The Morgan fingerprint density at radius 2 is 1.83 bits per heavy atom. The number of amides is 1. The van der Waals surface area contributed by atoms with Gasteiger partial charge in [0.2, 0.25) is 5.91 Å². The number of carbonyl (C=O) groups is 1. The monoisotopic (exact) mass is 333 g/mol. The zero-order chi connectivity index (χ0) is 16.8. The van der Waals surface area contributed by atoms with E-state index in [-0.39, 0.29) is 11.7 Å². The van der Waals surface area contributed by atoms with Gasteiger partial charge in [-0.05, 0) is 42.0 Å². The molecule has 0 radical (unpaired) electrons. The molecule has 0 spiro atoms. The van der Waals surface area contributed by atoms with Gasteiger partial charge in [0.1, 0.15) is 5.75 Å². The SMILES string of the molecule is COc1ccc(C=CC(=O)Nc2ccc(OC)c(Cl)c2)cc1O. The van der Waals surface area contributed by atoms with Crippen molar-refractivity contribution in [2.75, 3.05) is 19.5 Å². The van der Waals surface area contributed by atoms with Crippen LogP contribution in [0.15, 0.2) is 42.5 Å². The molecule has 0 heterocycles. The Hall–Kier alpha value is -2.66. The van der Waals surface area contributed by atoms with Crippen LogP contribution in [0, 0.1) is 0 Å². The molecular formula is C17H16ClNO4. The number of rotatable bonds is 5. The molecule has 0 atom stereocenters. The molecular weight excluding hydrogens is 318 g/mol. The molecule has 5 nitrogen and oxygen atoms in total. The Balaban J connectivity index is 2.04. The van der Waals surface area contributed by atoms with Crippen LogP contribution in [0.1, 0.15) is 5.56 Å². The summed E-state index contributed by atoms with van der Waals surface area (Å²) in [6.07, 6.45) is 2.94. The van der Waals surface area contributed by atoms with E-state index >= 15 is 0 Å². The summed E-state index contributed by atoms with van der Waals surface area (Å²) in [6.45, 7) is 0. The Labute approximate surface area is 139 Å². The largest absolute Gasteiger partial charge is 0.504 e. The number of benzene rings is 2. The number of aromatic hydroxyl groups is 1. The van der Waals surface area contributed by atoms with Crippen molar-refractivity contribution in [3.63, 3.8) is 0 Å². The molecule has 0 bridgehead atoms. The van der Waals surface area contributed by atoms with Crippen molar-refractivity contribution in [3.05, 3.63) is 53.1 Å². The van der Waals surface area contributed by atoms with Crippen LogP contribution < -0.4 is 14.8 Å². The molecule has 2 N–H and O–H groups in total. The minimum absolute atomic E-state index is 0.0111. The molecule has 6 heteroatoms. The summed E-state index contributed by atoms with van der Waals surface area (Å²) in [5.41, 5.74) is 1.23. The van der Waals surface area contributed by atoms with Gasteiger partial charge in [0, 0.05) is 11.8 Å². The fourth-order valence-corrected chi connectivity index (χ4v) is 2.17. The van der Waals surface area contributed by atoms with Gasteiger partial charge in [0.25, 0.3) is 0 Å². The fraction of sp³-hybridized carbons (Fsp3) is 0.118. The van der Waals surface area contributed by atoms with Gasteiger partial charge < -0.3 is 19.9 Å². The van der Waals surface area contributed by atoms with Gasteiger partial charge in [-0.1, -0.05) is 17.7 Å². The molecule has 0 aliphatic carbocycles. The zero-order valence-electron chi connectivity index (χ0n) is 12.7. The first-order valence-electron chi connectivity index (χ1n) is 6.73. The number of carbonyl (C=O) groups excluding carboxylic acids is 1. The molecule has 0 fully saturated rings. The third-order valence-corrected chi connectivity index (χ3v) is 3.34. The van der Waals surface area contributed by atoms with Crippen LogP contribution in [0.4, 0.5) is 5.69 Å². The Kier molecular flexibility index (Phi) is 5.49. The highest BCUT2D eigenvalue weighted by Gasteiger charge is 2.04. The molecule has 2 aromatic rings. The van der Waals surface area contributed by atoms with Crippen LogP contribution in [0.5, 0.6) is 17.2 Å². The number of methoxy groups -OCH3 is 2. The molecule has 0 unspecified atom stereocenters. The minimum atomic E-state index is -0.318. The first-order valence-corrected chi connectivity index (χ1v) is 7.11. The lowest BCUT2D eigenvalue weighted by molar-refractivity contribution is -0.111. The number of nitrogens with one attached hydrogen (secondary N) is 1. The maximum Gasteiger partial charge on any atom is 0.248 e. The predicted molar refractivity (Wildman–Crippen MR) is 90.3 cm³/mol. The first kappa shape index (κ1) is 16.7. The van der Waals surface area contributed by atoms with Crippen molar-refractivity contribution < 1.29 is 19.4 Å². The standard InChI is InChI=1S/C17H16ClNO4/c1-22-15-7-5-12(10-13(15)18)19-17(21)8-4-11-3-6-16(23-2)14(20)9-11/h3-10,20H,1-2H3,(H,19,21). The minimum Gasteiger partial charge on any atom is -0.504 e. The average Bonchev–Trinajstić information content (AvgIpc) is 2.53. The van der Waals surface area contributed by atoms with Crippen LogP contribution in [0.25, 0.3) is 6.08 Å². The molecule has 1 amide bonds. The maximum atomic E-state index is 11.9. The quantitative estimate of drug-likeness (QED) is 0.818. The number of hydrogen-bond acceptors (Lipinski definition) is 4. The average molecular weight is 334 g/mol. The molecule has 0 saturated heterocycles. The topological polar surface area (TPSA) is 67.8 Å². The maximum absolute atomic E-state index is 11.9. The second kappa shape index (κ2) is 7.56. The lowest BCUT2D eigenvalue weighted by atomic mass is 10.2. The zero-order valence-corrected chi connectivity index (χ0v) is 13.4. The number of hydrogen-bond donors (Lipinski definition) is 2. The van der Waals surface area contributed by atoms with Crippen LogP contribution in [0.3, 0.4) is 0 Å². The summed E-state index contributed by atoms with van der Waals surface area (Å²) in [5, 5.41) is 12.8. The van der Waals surface area contributed by atoms with Gasteiger partial charge in [0.05, 0.1) is 19.2 Å². The second-order valence-corrected chi connectivity index (χ2v) is 5.01. The molecule has 2 rings (SSSR count). The molecule has 0 aliphatic heterocycles. The Morgan fingerprint density at radius 3 is 2.43 bits per heavy atom. The highest BCUT2D eigenvalue weighted by atomic mass is 35.5. The molecule has 23 heavy (non-hydrogen) atoms. The number of phenols is 1. The molecule has 0 aliphatic rings. The molecule has 120 valence electrons. The van der Waals surface area contributed by atoms with E-state index in [1.54, 1.807) is 36.4 Å². The number of ether oxygens (including phenoxy) is 2. The highest BCUT2D eigenvalue weighted by molar-refractivity contribution is 6.32. The lowest BCUT2D eigenvalue weighted by Crippen LogP contribution is -2.07. The van der Waals surface area contributed by atoms with E-state index in [1.165, 1.54) is 26.4 Å². The van der Waals surface area contributed by atoms with Crippen LogP contribution >= 0.6 is 11.6 Å². The summed E-state index contributed by atoms with van der Waals surface area (Å²) in [5.74, 6) is 0.604. The summed E-state index contributed by atoms with van der Waals surface area (Å²) < 4.78 is 10.0. The smallest absolute Gasteiger partial charge is 0.248 e. The highest BCUT2D eigenvalue weighted by Crippen LogP contribution is 2.28. The summed E-state index contributed by atoms with van der Waals surface area (Å²) >= 11 is 6.00. The first-order chi connectivity index (χ1) is 11.0. The number of anilines is 1. The Bertz CT molecular complexity index is 743. The van der Waals surface area contributed by atoms with Gasteiger partial charge in [-0.2, -0.15) is 0 Å². The van der Waals surface area contributed by atoms with E-state index in [0.717, 1.165) is 0 Å². The van der Waals surface area contributed by atoms with Crippen molar-refractivity contribution in [3.8, 4) is 17.2 Å². The summed E-state index contributed by atoms with van der Waals surface area (Å²) in [4.78, 5) is 11.9. The van der Waals surface area contributed by atoms with Crippen molar-refractivity contribution in [2.24, 2.45) is 0 Å². The third kappa shape index (κ3) is 4.40. The van der Waals surface area contributed by atoms with Crippen LogP contribution in [-0.2, 0) is 4.79 Å². The normalized spacial score (nSPS) is 10.6. The fourth-order valence-electron chi connectivity index (χ4n) is 1.91. The molecule has 0 aromatic heterocycles. The summed E-state index contributed by atoms with van der Waals surface area (Å²) in [6, 6.07) is 9.82. The molecule has 2 aromatic carbocycles. The summed E-state index contributed by atoms with van der Waals surface area (Å²) in [7, 11) is 2.99. The van der Waals surface area contributed by atoms with Gasteiger partial charge in [-0.15, -0.1) is 0 Å². The number of phenolic OH excluding ortho intramolecular Hbond substituents is 1. The number of halogens is 1. The lowest BCUT2D eigenvalue weighted by Gasteiger charge is -2.06. The van der Waals surface area contributed by atoms with Crippen molar-refractivity contribution in [1.29, 1.82) is 0 Å². The van der Waals surface area contributed by atoms with Gasteiger partial charge in [0.15, 0.2) is 11.5 Å². The van der Waals surface area contributed by atoms with E-state index in [0.29, 0.717) is 27.8 Å². The van der Waals surface area contributed by atoms with E-state index < -0.39 is 0 Å². The van der Waals surface area contributed by atoms with Gasteiger partial charge >= 0.3 is 0 Å². The van der Waals surface area contributed by atoms with Crippen molar-refractivity contribution >= 4 is 29.3 Å². The van der Waals surface area contributed by atoms with Crippen LogP contribution in [-0.4, -0.2) is 25.2 Å². The second-order valence-electron chi connectivity index (χ2n) is 4.60. The van der Waals surface area contributed by atoms with E-state index in [2.05, 4.69) is 5.32 Å². The van der Waals surface area contributed by atoms with Crippen molar-refractivity contribution in [1.82, 2.24) is 0 Å². The van der Waals surface area contributed by atoms with Crippen molar-refractivity contribution in [2.45, 2.75) is 0 Å². The third-order valence-electron chi connectivity index (χ3n) is 3.05. The van der Waals surface area contributed by atoms with Crippen LogP contribution in [0.2, 0.25) is 5.02 Å². The van der Waals surface area contributed by atoms with Gasteiger partial charge in [-0.25, -0.2) is 0 Å². The van der Waals surface area contributed by atoms with E-state index in [1.807, 2.05) is 0 Å². The van der Waals surface area contributed by atoms with Gasteiger partial charge in [-0.3, -0.25) is 4.79 Å². The molecule has 0 saturated carbocycles. The van der Waals surface area contributed by atoms with E-state index in [9.17, 15) is 9.90 Å². The van der Waals surface area contributed by atoms with E-state index in [4.69, 9.17) is 21.1 Å².